The molecule has 33 heavy (non-hydrogen) atoms. The maximum absolute atomic E-state index is 12.6. The zero-order valence-corrected chi connectivity index (χ0v) is 19.2. The minimum absolute atomic E-state index is 0.130. The fourth-order valence-corrected chi connectivity index (χ4v) is 4.22. The number of nitrogens with one attached hydrogen (secondary N) is 2. The van der Waals surface area contributed by atoms with Crippen LogP contribution in [0.3, 0.4) is 0 Å². The largest absolute Gasteiger partial charge is 0.324 e. The number of benzene rings is 2. The van der Waals surface area contributed by atoms with Gasteiger partial charge in [-0.05, 0) is 55.6 Å². The quantitative estimate of drug-likeness (QED) is 0.367. The number of para-hydroxylation sites is 3. The van der Waals surface area contributed by atoms with Crippen molar-refractivity contribution >= 4 is 40.6 Å². The lowest BCUT2D eigenvalue weighted by molar-refractivity contribution is -0.115. The van der Waals surface area contributed by atoms with Gasteiger partial charge in [-0.1, -0.05) is 36.4 Å². The second-order valence-corrected chi connectivity index (χ2v) is 8.54. The van der Waals surface area contributed by atoms with Crippen LogP contribution in [-0.4, -0.2) is 21.6 Å². The summed E-state index contributed by atoms with van der Waals surface area (Å²) < 4.78 is 1.87. The summed E-state index contributed by atoms with van der Waals surface area (Å²) in [7, 11) is 0. The number of anilines is 2. The molecule has 0 aliphatic carbocycles. The molecule has 0 bridgehead atoms. The molecule has 2 aromatic carbocycles. The van der Waals surface area contributed by atoms with E-state index in [1.54, 1.807) is 18.2 Å². The van der Waals surface area contributed by atoms with E-state index in [1.807, 2.05) is 78.5 Å². The van der Waals surface area contributed by atoms with Gasteiger partial charge in [0.15, 0.2) is 0 Å². The van der Waals surface area contributed by atoms with Crippen LogP contribution in [0.1, 0.15) is 21.8 Å². The molecule has 0 saturated carbocycles. The second-order valence-electron chi connectivity index (χ2n) is 7.50. The summed E-state index contributed by atoms with van der Waals surface area (Å²) in [5.74, 6) is -0.421. The molecule has 2 amide bonds. The Hall–Kier alpha value is -3.97. The first-order valence-electron chi connectivity index (χ1n) is 10.5. The Morgan fingerprint density at radius 1 is 0.939 bits per heavy atom. The normalized spacial score (nSPS) is 11.0. The van der Waals surface area contributed by atoms with Crippen molar-refractivity contribution in [3.63, 3.8) is 0 Å². The molecule has 4 rings (SSSR count). The van der Waals surface area contributed by atoms with Crippen LogP contribution in [0.4, 0.5) is 11.4 Å². The van der Waals surface area contributed by atoms with Crippen LogP contribution in [0, 0.1) is 13.8 Å². The molecule has 0 atom stereocenters. The molecule has 0 saturated heterocycles. The SMILES string of the molecule is Cc1nn(-c2ccccc2)c(C)c1C=CC(=O)Nc1ccccc1NC(=O)Cc1cccs1. The number of amides is 2. The minimum atomic E-state index is -0.291. The Kier molecular flexibility index (Phi) is 6.80. The van der Waals surface area contributed by atoms with Gasteiger partial charge in [-0.25, -0.2) is 4.68 Å². The van der Waals surface area contributed by atoms with Gasteiger partial charge in [0.05, 0.1) is 29.2 Å². The Balaban J connectivity index is 1.45. The van der Waals surface area contributed by atoms with E-state index in [-0.39, 0.29) is 11.8 Å². The summed E-state index contributed by atoms with van der Waals surface area (Å²) in [5.41, 5.74) is 4.75. The average molecular weight is 457 g/mol. The maximum atomic E-state index is 12.6. The van der Waals surface area contributed by atoms with Crippen molar-refractivity contribution in [1.82, 2.24) is 9.78 Å². The van der Waals surface area contributed by atoms with Crippen molar-refractivity contribution in [2.45, 2.75) is 20.3 Å². The topological polar surface area (TPSA) is 76.0 Å². The molecule has 0 spiro atoms. The number of nitrogens with zero attached hydrogens (tertiary/aromatic N) is 2. The smallest absolute Gasteiger partial charge is 0.248 e. The van der Waals surface area contributed by atoms with Crippen LogP contribution < -0.4 is 10.6 Å². The van der Waals surface area contributed by atoms with E-state index in [1.165, 1.54) is 17.4 Å². The van der Waals surface area contributed by atoms with Gasteiger partial charge in [-0.2, -0.15) is 5.10 Å². The van der Waals surface area contributed by atoms with E-state index in [0.717, 1.165) is 27.5 Å². The van der Waals surface area contributed by atoms with Crippen molar-refractivity contribution in [1.29, 1.82) is 0 Å². The molecule has 0 aliphatic heterocycles. The summed E-state index contributed by atoms with van der Waals surface area (Å²) in [4.78, 5) is 26.0. The predicted molar refractivity (Wildman–Crippen MR) is 134 cm³/mol. The fraction of sp³-hybridized carbons (Fsp3) is 0.115. The van der Waals surface area contributed by atoms with Crippen molar-refractivity contribution < 1.29 is 9.59 Å². The van der Waals surface area contributed by atoms with Crippen LogP contribution in [0.25, 0.3) is 11.8 Å². The van der Waals surface area contributed by atoms with Gasteiger partial charge in [0.25, 0.3) is 0 Å². The Bertz CT molecular complexity index is 1290. The van der Waals surface area contributed by atoms with Crippen LogP contribution in [0.5, 0.6) is 0 Å². The van der Waals surface area contributed by atoms with Crippen molar-refractivity contribution in [3.05, 3.63) is 100 Å². The van der Waals surface area contributed by atoms with Gasteiger partial charge in [-0.15, -0.1) is 11.3 Å². The summed E-state index contributed by atoms with van der Waals surface area (Å²) in [6, 6.07) is 20.9. The van der Waals surface area contributed by atoms with Gasteiger partial charge < -0.3 is 10.6 Å². The number of thiophene rings is 1. The summed E-state index contributed by atoms with van der Waals surface area (Å²) in [5, 5.41) is 12.3. The Morgan fingerprint density at radius 3 is 2.33 bits per heavy atom. The highest BCUT2D eigenvalue weighted by Crippen LogP contribution is 2.23. The fourth-order valence-electron chi connectivity index (χ4n) is 3.52. The molecule has 0 unspecified atom stereocenters. The lowest BCUT2D eigenvalue weighted by Gasteiger charge is -2.11. The summed E-state index contributed by atoms with van der Waals surface area (Å²) in [6.07, 6.45) is 3.55. The minimum Gasteiger partial charge on any atom is -0.324 e. The van der Waals surface area contributed by atoms with E-state index >= 15 is 0 Å². The summed E-state index contributed by atoms with van der Waals surface area (Å²) >= 11 is 1.54. The molecule has 2 N–H and O–H groups in total. The van der Waals surface area contributed by atoms with Gasteiger partial charge in [0.2, 0.25) is 11.8 Å². The number of hydrogen-bond acceptors (Lipinski definition) is 4. The third-order valence-electron chi connectivity index (χ3n) is 5.12. The van der Waals surface area contributed by atoms with Crippen molar-refractivity contribution in [3.8, 4) is 5.69 Å². The van der Waals surface area contributed by atoms with Gasteiger partial charge in [0.1, 0.15) is 0 Å². The van der Waals surface area contributed by atoms with E-state index in [2.05, 4.69) is 15.7 Å². The first-order chi connectivity index (χ1) is 16.0. The molecular formula is C26H24N4O2S. The lowest BCUT2D eigenvalue weighted by Crippen LogP contribution is -2.16. The molecule has 0 radical (unpaired) electrons. The number of carbonyl (C=O) groups is 2. The third kappa shape index (κ3) is 5.45. The van der Waals surface area contributed by atoms with Crippen LogP contribution >= 0.6 is 11.3 Å². The highest BCUT2D eigenvalue weighted by Gasteiger charge is 2.12. The van der Waals surface area contributed by atoms with Crippen molar-refractivity contribution in [2.75, 3.05) is 10.6 Å². The molecule has 4 aromatic rings. The monoisotopic (exact) mass is 456 g/mol. The maximum Gasteiger partial charge on any atom is 0.248 e. The predicted octanol–water partition coefficient (Wildman–Crippen LogP) is 5.38. The number of aryl methyl sites for hydroxylation is 1. The van der Waals surface area contributed by atoms with E-state index in [9.17, 15) is 9.59 Å². The zero-order valence-electron chi connectivity index (χ0n) is 18.4. The van der Waals surface area contributed by atoms with Gasteiger partial charge in [-0.3, -0.25) is 9.59 Å². The first-order valence-corrected chi connectivity index (χ1v) is 11.4. The van der Waals surface area contributed by atoms with E-state index < -0.39 is 0 Å². The van der Waals surface area contributed by atoms with E-state index in [4.69, 9.17) is 0 Å². The molecule has 6 nitrogen and oxygen atoms in total. The molecular weight excluding hydrogens is 432 g/mol. The van der Waals surface area contributed by atoms with Gasteiger partial charge >= 0.3 is 0 Å². The average Bonchev–Trinajstić information content (AvgIpc) is 3.42. The number of rotatable bonds is 7. The second kappa shape index (κ2) is 10.1. The Morgan fingerprint density at radius 2 is 1.64 bits per heavy atom. The molecule has 2 heterocycles. The van der Waals surface area contributed by atoms with Crippen LogP contribution in [-0.2, 0) is 16.0 Å². The Labute approximate surface area is 196 Å². The molecule has 166 valence electrons. The molecule has 0 aliphatic rings. The molecule has 2 aromatic heterocycles. The van der Waals surface area contributed by atoms with Gasteiger partial charge in [0, 0.05) is 22.2 Å². The number of hydrogen-bond donors (Lipinski definition) is 2. The third-order valence-corrected chi connectivity index (χ3v) is 6.00. The number of carbonyl (C=O) groups excluding carboxylic acids is 2. The van der Waals surface area contributed by atoms with E-state index in [0.29, 0.717) is 17.8 Å². The zero-order chi connectivity index (χ0) is 23.2. The van der Waals surface area contributed by atoms with Crippen LogP contribution in [0.15, 0.2) is 78.2 Å². The first kappa shape index (κ1) is 22.2. The standard InChI is InChI=1S/C26H24N4O2S/c1-18-22(19(2)30(29-18)20-9-4-3-5-10-20)14-15-25(31)27-23-12-6-7-13-24(23)28-26(32)17-21-11-8-16-33-21/h3-16H,17H2,1-2H3,(H,27,31)(H,28,32). The lowest BCUT2D eigenvalue weighted by atomic mass is 10.1. The number of aromatic nitrogens is 2. The highest BCUT2D eigenvalue weighted by molar-refractivity contribution is 7.10. The molecule has 7 heteroatoms. The van der Waals surface area contributed by atoms with Crippen LogP contribution in [0.2, 0.25) is 0 Å². The van der Waals surface area contributed by atoms with Crippen molar-refractivity contribution in [2.24, 2.45) is 0 Å². The highest BCUT2D eigenvalue weighted by atomic mass is 32.1. The molecule has 0 fully saturated rings. The summed E-state index contributed by atoms with van der Waals surface area (Å²) in [6.45, 7) is 3.89.